The Balaban J connectivity index is 1.61. The van der Waals surface area contributed by atoms with Crippen LogP contribution >= 0.6 is 22.9 Å². The van der Waals surface area contributed by atoms with Crippen molar-refractivity contribution in [3.05, 3.63) is 69.4 Å². The highest BCUT2D eigenvalue weighted by Crippen LogP contribution is 2.17. The van der Waals surface area contributed by atoms with Gasteiger partial charge in [0, 0.05) is 29.6 Å². The van der Waals surface area contributed by atoms with Crippen molar-refractivity contribution in [1.29, 1.82) is 0 Å². The molecular weight excluding hydrogens is 362 g/mol. The Labute approximate surface area is 152 Å². The normalized spacial score (nSPS) is 10.3. The van der Waals surface area contributed by atoms with E-state index in [0.29, 0.717) is 17.3 Å². The highest BCUT2D eigenvalue weighted by atomic mass is 35.5. The standard InChI is InChI=1S/C16H12ClN5O2S/c17-11-4-1-5-12(7-11)20-14(24)16-22-21-15(25-16)13(23)19-9-10-3-2-6-18-8-10/h1-8H,9H2,(H,19,23)(H,20,24). The molecule has 9 heteroatoms. The van der Waals surface area contributed by atoms with E-state index in [1.54, 1.807) is 42.7 Å². The van der Waals surface area contributed by atoms with Crippen LogP contribution in [0.15, 0.2) is 48.8 Å². The molecular formula is C16H12ClN5O2S. The molecule has 0 radical (unpaired) electrons. The number of nitrogens with one attached hydrogen (secondary N) is 2. The lowest BCUT2D eigenvalue weighted by molar-refractivity contribution is 0.0948. The zero-order valence-electron chi connectivity index (χ0n) is 12.8. The van der Waals surface area contributed by atoms with Gasteiger partial charge < -0.3 is 10.6 Å². The van der Waals surface area contributed by atoms with Crippen LogP contribution in [0.5, 0.6) is 0 Å². The number of aromatic nitrogens is 3. The molecule has 0 unspecified atom stereocenters. The van der Waals surface area contributed by atoms with Gasteiger partial charge in [0.2, 0.25) is 10.0 Å². The van der Waals surface area contributed by atoms with E-state index in [-0.39, 0.29) is 10.0 Å². The number of hydrogen-bond donors (Lipinski definition) is 2. The molecule has 2 aromatic heterocycles. The van der Waals surface area contributed by atoms with Crippen LogP contribution in [0.4, 0.5) is 5.69 Å². The van der Waals surface area contributed by atoms with Gasteiger partial charge in [0.15, 0.2) is 0 Å². The average Bonchev–Trinajstić information content (AvgIpc) is 3.11. The Bertz CT molecular complexity index is 900. The molecule has 0 aliphatic carbocycles. The lowest BCUT2D eigenvalue weighted by atomic mass is 10.3. The van der Waals surface area contributed by atoms with E-state index in [9.17, 15) is 9.59 Å². The van der Waals surface area contributed by atoms with Gasteiger partial charge in [-0.05, 0) is 29.8 Å². The number of anilines is 1. The molecule has 0 spiro atoms. The Kier molecular flexibility index (Phi) is 5.32. The number of carbonyl (C=O) groups excluding carboxylic acids is 2. The molecule has 3 aromatic rings. The van der Waals surface area contributed by atoms with Crippen LogP contribution in [0.25, 0.3) is 0 Å². The number of pyridine rings is 1. The first-order valence-electron chi connectivity index (χ1n) is 7.19. The molecule has 0 saturated carbocycles. The van der Waals surface area contributed by atoms with Gasteiger partial charge in [0.25, 0.3) is 11.8 Å². The van der Waals surface area contributed by atoms with E-state index in [4.69, 9.17) is 11.6 Å². The third kappa shape index (κ3) is 4.59. The molecule has 2 amide bonds. The Morgan fingerprint density at radius 2 is 1.88 bits per heavy atom. The lowest BCUT2D eigenvalue weighted by Crippen LogP contribution is -2.22. The van der Waals surface area contributed by atoms with E-state index in [2.05, 4.69) is 25.8 Å². The van der Waals surface area contributed by atoms with Gasteiger partial charge in [-0.3, -0.25) is 14.6 Å². The fourth-order valence-corrected chi connectivity index (χ4v) is 2.76. The van der Waals surface area contributed by atoms with Crippen molar-refractivity contribution in [1.82, 2.24) is 20.5 Å². The second-order valence-corrected chi connectivity index (χ2v) is 6.33. The summed E-state index contributed by atoms with van der Waals surface area (Å²) in [5.41, 5.74) is 1.40. The highest BCUT2D eigenvalue weighted by Gasteiger charge is 2.17. The molecule has 1 aromatic carbocycles. The predicted octanol–water partition coefficient (Wildman–Crippen LogP) is 2.77. The van der Waals surface area contributed by atoms with Gasteiger partial charge >= 0.3 is 0 Å². The monoisotopic (exact) mass is 373 g/mol. The largest absolute Gasteiger partial charge is 0.346 e. The fourth-order valence-electron chi connectivity index (χ4n) is 1.92. The maximum Gasteiger partial charge on any atom is 0.286 e. The minimum atomic E-state index is -0.453. The first kappa shape index (κ1) is 17.0. The summed E-state index contributed by atoms with van der Waals surface area (Å²) < 4.78 is 0. The summed E-state index contributed by atoms with van der Waals surface area (Å²) in [5, 5.41) is 13.6. The maximum absolute atomic E-state index is 12.2. The quantitative estimate of drug-likeness (QED) is 0.716. The number of nitrogens with zero attached hydrogens (tertiary/aromatic N) is 3. The Morgan fingerprint density at radius 3 is 2.60 bits per heavy atom. The molecule has 0 aliphatic heterocycles. The summed E-state index contributed by atoms with van der Waals surface area (Å²) >= 11 is 6.78. The number of rotatable bonds is 5. The van der Waals surface area contributed by atoms with E-state index in [0.717, 1.165) is 16.9 Å². The van der Waals surface area contributed by atoms with Crippen molar-refractivity contribution in [2.24, 2.45) is 0 Å². The van der Waals surface area contributed by atoms with Gasteiger partial charge in [-0.2, -0.15) is 0 Å². The molecule has 2 heterocycles. The number of amides is 2. The van der Waals surface area contributed by atoms with Crippen molar-refractivity contribution >= 4 is 40.4 Å². The van der Waals surface area contributed by atoms with Gasteiger partial charge in [0.05, 0.1) is 0 Å². The summed E-state index contributed by atoms with van der Waals surface area (Å²) in [6.45, 7) is 0.316. The second-order valence-electron chi connectivity index (χ2n) is 4.92. The van der Waals surface area contributed by atoms with E-state index in [1.807, 2.05) is 6.07 Å². The van der Waals surface area contributed by atoms with Crippen molar-refractivity contribution in [3.63, 3.8) is 0 Å². The third-order valence-electron chi connectivity index (χ3n) is 3.07. The van der Waals surface area contributed by atoms with Gasteiger partial charge in [0.1, 0.15) is 0 Å². The summed E-state index contributed by atoms with van der Waals surface area (Å²) in [6.07, 6.45) is 3.31. The van der Waals surface area contributed by atoms with Crippen molar-refractivity contribution in [2.75, 3.05) is 5.32 Å². The molecule has 0 saturated heterocycles. The second kappa shape index (κ2) is 7.82. The summed E-state index contributed by atoms with van der Waals surface area (Å²) in [4.78, 5) is 28.2. The topological polar surface area (TPSA) is 96.9 Å². The smallest absolute Gasteiger partial charge is 0.286 e. The Hall–Kier alpha value is -2.84. The van der Waals surface area contributed by atoms with E-state index in [1.165, 1.54) is 0 Å². The number of hydrogen-bond acceptors (Lipinski definition) is 6. The molecule has 0 aliphatic rings. The number of carbonyl (C=O) groups is 2. The van der Waals surface area contributed by atoms with Crippen LogP contribution in [0, 0.1) is 0 Å². The molecule has 0 bridgehead atoms. The summed E-state index contributed by atoms with van der Waals surface area (Å²) in [7, 11) is 0. The molecule has 126 valence electrons. The first-order chi connectivity index (χ1) is 12.1. The van der Waals surface area contributed by atoms with Crippen molar-refractivity contribution in [2.45, 2.75) is 6.54 Å². The maximum atomic E-state index is 12.2. The van der Waals surface area contributed by atoms with E-state index >= 15 is 0 Å². The lowest BCUT2D eigenvalue weighted by Gasteiger charge is -2.02. The third-order valence-corrected chi connectivity index (χ3v) is 4.23. The SMILES string of the molecule is O=C(NCc1cccnc1)c1nnc(C(=O)Nc2cccc(Cl)c2)s1. The molecule has 0 atom stereocenters. The molecule has 2 N–H and O–H groups in total. The fraction of sp³-hybridized carbons (Fsp3) is 0.0625. The zero-order chi connectivity index (χ0) is 17.6. The zero-order valence-corrected chi connectivity index (χ0v) is 14.3. The van der Waals surface area contributed by atoms with Crippen LogP contribution in [-0.4, -0.2) is 27.0 Å². The van der Waals surface area contributed by atoms with E-state index < -0.39 is 11.8 Å². The Morgan fingerprint density at radius 1 is 1.08 bits per heavy atom. The number of benzene rings is 1. The average molecular weight is 374 g/mol. The van der Waals surface area contributed by atoms with Gasteiger partial charge in [-0.25, -0.2) is 0 Å². The van der Waals surface area contributed by atoms with Crippen molar-refractivity contribution < 1.29 is 9.59 Å². The summed E-state index contributed by atoms with van der Waals surface area (Å²) in [6, 6.07) is 10.4. The highest BCUT2D eigenvalue weighted by molar-refractivity contribution is 7.15. The van der Waals surface area contributed by atoms with Gasteiger partial charge in [-0.15, -0.1) is 10.2 Å². The molecule has 7 nitrogen and oxygen atoms in total. The first-order valence-corrected chi connectivity index (χ1v) is 8.39. The van der Waals surface area contributed by atoms with Crippen LogP contribution in [0.3, 0.4) is 0 Å². The minimum absolute atomic E-state index is 0.0894. The van der Waals surface area contributed by atoms with Crippen LogP contribution < -0.4 is 10.6 Å². The van der Waals surface area contributed by atoms with Crippen LogP contribution in [-0.2, 0) is 6.54 Å². The van der Waals surface area contributed by atoms with Crippen LogP contribution in [0.1, 0.15) is 25.2 Å². The molecule has 3 rings (SSSR count). The van der Waals surface area contributed by atoms with Crippen LogP contribution in [0.2, 0.25) is 5.02 Å². The molecule has 25 heavy (non-hydrogen) atoms. The molecule has 0 fully saturated rings. The van der Waals surface area contributed by atoms with Crippen molar-refractivity contribution in [3.8, 4) is 0 Å². The number of halogens is 1. The minimum Gasteiger partial charge on any atom is -0.346 e. The predicted molar refractivity (Wildman–Crippen MR) is 94.7 cm³/mol. The summed E-state index contributed by atoms with van der Waals surface area (Å²) in [5.74, 6) is -0.853. The van der Waals surface area contributed by atoms with Gasteiger partial charge in [-0.1, -0.05) is 35.1 Å².